The van der Waals surface area contributed by atoms with Crippen LogP contribution in [0.5, 0.6) is 11.5 Å². The minimum Gasteiger partial charge on any atom is -0.510 e. The molecule has 3 aromatic rings. The molecular weight excluding hydrogens is 378 g/mol. The van der Waals surface area contributed by atoms with Crippen molar-refractivity contribution in [2.24, 2.45) is 0 Å². The molecule has 6 heteroatoms. The quantitative estimate of drug-likeness (QED) is 0.655. The van der Waals surface area contributed by atoms with Gasteiger partial charge < -0.3 is 9.84 Å². The van der Waals surface area contributed by atoms with Crippen molar-refractivity contribution >= 4 is 5.78 Å². The first-order valence-corrected chi connectivity index (χ1v) is 9.97. The Labute approximate surface area is 175 Å². The van der Waals surface area contributed by atoms with Crippen LogP contribution in [0.4, 0.5) is 0 Å². The number of carbonyl (C=O) groups is 1. The third kappa shape index (κ3) is 4.13. The first kappa shape index (κ1) is 19.9. The lowest BCUT2D eigenvalue weighted by atomic mass is 9.82. The maximum atomic E-state index is 12.1. The first-order valence-electron chi connectivity index (χ1n) is 9.97. The largest absolute Gasteiger partial charge is 0.510 e. The van der Waals surface area contributed by atoms with E-state index in [0.717, 1.165) is 11.3 Å². The fourth-order valence-corrected chi connectivity index (χ4v) is 3.79. The molecule has 1 heterocycles. The Morgan fingerprint density at radius 2 is 1.87 bits per heavy atom. The number of benzene rings is 2. The van der Waals surface area contributed by atoms with E-state index in [1.54, 1.807) is 11.0 Å². The SMILES string of the molecule is CC(C)(C)c1ccc(Oc2cccc([C@@H]3CC(=O)C=C(O)[C@H]3n3cncn3)c2)cc1. The third-order valence-corrected chi connectivity index (χ3v) is 5.38. The molecule has 30 heavy (non-hydrogen) atoms. The van der Waals surface area contributed by atoms with E-state index in [-0.39, 0.29) is 29.3 Å². The Hall–Kier alpha value is -3.41. The highest BCUT2D eigenvalue weighted by Crippen LogP contribution is 2.40. The van der Waals surface area contributed by atoms with Gasteiger partial charge >= 0.3 is 0 Å². The number of aliphatic hydroxyl groups is 1. The average molecular weight is 403 g/mol. The van der Waals surface area contributed by atoms with Crippen molar-refractivity contribution < 1.29 is 14.6 Å². The highest BCUT2D eigenvalue weighted by atomic mass is 16.5. The van der Waals surface area contributed by atoms with Crippen LogP contribution >= 0.6 is 0 Å². The molecule has 2 aromatic carbocycles. The van der Waals surface area contributed by atoms with Crippen LogP contribution in [0.25, 0.3) is 0 Å². The summed E-state index contributed by atoms with van der Waals surface area (Å²) in [5.41, 5.74) is 2.22. The number of aliphatic hydroxyl groups excluding tert-OH is 1. The number of allylic oxidation sites excluding steroid dienone is 2. The van der Waals surface area contributed by atoms with E-state index in [0.29, 0.717) is 5.75 Å². The molecule has 0 unspecified atom stereocenters. The molecule has 1 aromatic heterocycles. The van der Waals surface area contributed by atoms with Crippen LogP contribution in [0, 0.1) is 0 Å². The van der Waals surface area contributed by atoms with Gasteiger partial charge in [0.15, 0.2) is 5.78 Å². The molecule has 1 aliphatic rings. The van der Waals surface area contributed by atoms with Crippen LogP contribution in [0.1, 0.15) is 50.3 Å². The number of rotatable bonds is 4. The number of ketones is 1. The molecule has 0 saturated heterocycles. The number of carbonyl (C=O) groups excluding carboxylic acids is 1. The van der Waals surface area contributed by atoms with Gasteiger partial charge in [-0.2, -0.15) is 5.10 Å². The molecule has 0 fully saturated rings. The van der Waals surface area contributed by atoms with Crippen molar-refractivity contribution in [1.82, 2.24) is 14.8 Å². The summed E-state index contributed by atoms with van der Waals surface area (Å²) >= 11 is 0. The molecule has 0 radical (unpaired) electrons. The Morgan fingerprint density at radius 1 is 1.10 bits per heavy atom. The first-order chi connectivity index (χ1) is 14.3. The zero-order valence-corrected chi connectivity index (χ0v) is 17.3. The van der Waals surface area contributed by atoms with Gasteiger partial charge in [0, 0.05) is 18.4 Å². The van der Waals surface area contributed by atoms with Crippen molar-refractivity contribution in [3.63, 3.8) is 0 Å². The summed E-state index contributed by atoms with van der Waals surface area (Å²) in [6.07, 6.45) is 4.52. The van der Waals surface area contributed by atoms with Gasteiger partial charge in [-0.25, -0.2) is 9.67 Å². The van der Waals surface area contributed by atoms with Crippen LogP contribution < -0.4 is 4.74 Å². The fraction of sp³-hybridized carbons (Fsp3) is 0.292. The van der Waals surface area contributed by atoms with Crippen molar-refractivity contribution in [3.8, 4) is 11.5 Å². The van der Waals surface area contributed by atoms with Gasteiger partial charge in [0.05, 0.1) is 0 Å². The summed E-state index contributed by atoms with van der Waals surface area (Å²) in [6.45, 7) is 6.52. The van der Waals surface area contributed by atoms with Crippen molar-refractivity contribution in [1.29, 1.82) is 0 Å². The summed E-state index contributed by atoms with van der Waals surface area (Å²) in [4.78, 5) is 16.1. The lowest BCUT2D eigenvalue weighted by Crippen LogP contribution is -2.27. The molecule has 0 aliphatic heterocycles. The molecule has 2 atom stereocenters. The molecule has 6 nitrogen and oxygen atoms in total. The Balaban J connectivity index is 1.61. The van der Waals surface area contributed by atoms with E-state index in [4.69, 9.17) is 4.74 Å². The summed E-state index contributed by atoms with van der Waals surface area (Å²) in [5, 5.41) is 14.6. The number of nitrogens with zero attached hydrogens (tertiary/aromatic N) is 3. The minimum absolute atomic E-state index is 0.00848. The van der Waals surface area contributed by atoms with Crippen LogP contribution in [0.2, 0.25) is 0 Å². The van der Waals surface area contributed by atoms with Gasteiger partial charge in [0.1, 0.15) is 36.0 Å². The zero-order valence-electron chi connectivity index (χ0n) is 17.3. The molecular formula is C24H25N3O3. The Kier molecular flexibility index (Phi) is 5.16. The van der Waals surface area contributed by atoms with E-state index >= 15 is 0 Å². The molecule has 1 aliphatic carbocycles. The number of ether oxygens (including phenoxy) is 1. The summed E-state index contributed by atoms with van der Waals surface area (Å²) in [6, 6.07) is 15.2. The summed E-state index contributed by atoms with van der Waals surface area (Å²) < 4.78 is 7.65. The van der Waals surface area contributed by atoms with Gasteiger partial charge in [-0.15, -0.1) is 0 Å². The third-order valence-electron chi connectivity index (χ3n) is 5.38. The molecule has 0 bridgehead atoms. The number of aromatic nitrogens is 3. The van der Waals surface area contributed by atoms with Gasteiger partial charge in [-0.05, 0) is 40.8 Å². The highest BCUT2D eigenvalue weighted by Gasteiger charge is 2.34. The smallest absolute Gasteiger partial charge is 0.159 e. The van der Waals surface area contributed by atoms with Crippen LogP contribution in [-0.4, -0.2) is 25.7 Å². The fourth-order valence-electron chi connectivity index (χ4n) is 3.79. The van der Waals surface area contributed by atoms with Gasteiger partial charge in [0.25, 0.3) is 0 Å². The maximum Gasteiger partial charge on any atom is 0.159 e. The maximum absolute atomic E-state index is 12.1. The van der Waals surface area contributed by atoms with Crippen LogP contribution in [0.15, 0.2) is 73.0 Å². The van der Waals surface area contributed by atoms with Gasteiger partial charge in [-0.1, -0.05) is 45.0 Å². The number of hydrogen-bond donors (Lipinski definition) is 1. The molecule has 4 rings (SSSR count). The van der Waals surface area contributed by atoms with E-state index < -0.39 is 6.04 Å². The second kappa shape index (κ2) is 7.78. The highest BCUT2D eigenvalue weighted by molar-refractivity contribution is 5.92. The Bertz CT molecular complexity index is 1060. The zero-order chi connectivity index (χ0) is 21.3. The summed E-state index contributed by atoms with van der Waals surface area (Å²) in [5.74, 6) is 1.03. The van der Waals surface area contributed by atoms with E-state index in [2.05, 4.69) is 43.0 Å². The van der Waals surface area contributed by atoms with Crippen molar-refractivity contribution in [2.75, 3.05) is 0 Å². The van der Waals surface area contributed by atoms with E-state index in [1.165, 1.54) is 18.0 Å². The lowest BCUT2D eigenvalue weighted by molar-refractivity contribution is -0.116. The van der Waals surface area contributed by atoms with E-state index in [9.17, 15) is 9.90 Å². The predicted molar refractivity (Wildman–Crippen MR) is 114 cm³/mol. The molecule has 154 valence electrons. The minimum atomic E-state index is -0.480. The molecule has 0 spiro atoms. The second-order valence-electron chi connectivity index (χ2n) is 8.62. The average Bonchev–Trinajstić information content (AvgIpc) is 3.21. The monoisotopic (exact) mass is 403 g/mol. The normalized spacial score (nSPS) is 19.4. The van der Waals surface area contributed by atoms with E-state index in [1.807, 2.05) is 36.4 Å². The number of hydrogen-bond acceptors (Lipinski definition) is 5. The molecule has 1 N–H and O–H groups in total. The Morgan fingerprint density at radius 3 is 2.53 bits per heavy atom. The predicted octanol–water partition coefficient (Wildman–Crippen LogP) is 5.11. The van der Waals surface area contributed by atoms with Crippen molar-refractivity contribution in [3.05, 3.63) is 84.1 Å². The second-order valence-corrected chi connectivity index (χ2v) is 8.62. The van der Waals surface area contributed by atoms with Crippen molar-refractivity contribution in [2.45, 2.75) is 44.6 Å². The molecule has 0 saturated carbocycles. The molecule has 0 amide bonds. The van der Waals surface area contributed by atoms with Crippen LogP contribution in [-0.2, 0) is 10.2 Å². The van der Waals surface area contributed by atoms with Gasteiger partial charge in [-0.3, -0.25) is 4.79 Å². The lowest BCUT2D eigenvalue weighted by Gasteiger charge is -2.29. The summed E-state index contributed by atoms with van der Waals surface area (Å²) in [7, 11) is 0. The standard InChI is InChI=1S/C24H25N3O3/c1-24(2,3)17-7-9-19(10-8-17)30-20-6-4-5-16(11-20)21-12-18(28)13-22(29)23(21)27-15-25-14-26-27/h4-11,13-15,21,23,29H,12H2,1-3H3/t21-,23-/m0/s1. The van der Waals surface area contributed by atoms with Gasteiger partial charge in [0.2, 0.25) is 0 Å². The topological polar surface area (TPSA) is 77.2 Å². The van der Waals surface area contributed by atoms with Crippen LogP contribution in [0.3, 0.4) is 0 Å².